The molecule has 1 atom stereocenters. The van der Waals surface area contributed by atoms with Crippen LogP contribution in [0.15, 0.2) is 4.52 Å². The van der Waals surface area contributed by atoms with Crippen molar-refractivity contribution < 1.29 is 4.52 Å². The first-order valence-corrected chi connectivity index (χ1v) is 3.62. The number of aryl methyl sites for hydroxylation is 1. The van der Waals surface area contributed by atoms with E-state index in [9.17, 15) is 0 Å². The fourth-order valence-corrected chi connectivity index (χ4v) is 0.713. The Morgan fingerprint density at radius 2 is 2.40 bits per heavy atom. The van der Waals surface area contributed by atoms with Crippen molar-refractivity contribution in [3.05, 3.63) is 11.7 Å². The highest BCUT2D eigenvalue weighted by molar-refractivity contribution is 6.20. The summed E-state index contributed by atoms with van der Waals surface area (Å²) in [6.45, 7) is 3.72. The number of hydrogen-bond donors (Lipinski definition) is 0. The number of alkyl halides is 1. The molecule has 0 saturated carbocycles. The van der Waals surface area contributed by atoms with Gasteiger partial charge in [0.2, 0.25) is 5.89 Å². The zero-order chi connectivity index (χ0) is 7.56. The minimum atomic E-state index is -0.113. The maximum absolute atomic E-state index is 5.82. The van der Waals surface area contributed by atoms with E-state index in [1.54, 1.807) is 6.92 Å². The molecule has 0 aromatic carbocycles. The van der Waals surface area contributed by atoms with Gasteiger partial charge in [-0.1, -0.05) is 12.1 Å². The molecule has 56 valence electrons. The standard InChI is InChI=1S/C6H9ClN2O/c1-3-5(7)6-8-4(2)10-9-6/h5H,3H2,1-2H3. The highest BCUT2D eigenvalue weighted by atomic mass is 35.5. The highest BCUT2D eigenvalue weighted by Gasteiger charge is 2.10. The van der Waals surface area contributed by atoms with Gasteiger partial charge in [-0.05, 0) is 6.42 Å². The quantitative estimate of drug-likeness (QED) is 0.622. The summed E-state index contributed by atoms with van der Waals surface area (Å²) in [6.07, 6.45) is 0.820. The van der Waals surface area contributed by atoms with Crippen LogP contribution in [0.5, 0.6) is 0 Å². The third-order valence-electron chi connectivity index (χ3n) is 1.18. The van der Waals surface area contributed by atoms with Gasteiger partial charge < -0.3 is 4.52 Å². The normalized spacial score (nSPS) is 13.5. The summed E-state index contributed by atoms with van der Waals surface area (Å²) < 4.78 is 4.74. The average Bonchev–Trinajstić information content (AvgIpc) is 2.34. The molecule has 0 aliphatic heterocycles. The lowest BCUT2D eigenvalue weighted by molar-refractivity contribution is 0.386. The molecular formula is C6H9ClN2O. The molecule has 1 aromatic heterocycles. The molecule has 0 bridgehead atoms. The maximum atomic E-state index is 5.82. The van der Waals surface area contributed by atoms with E-state index >= 15 is 0 Å². The Bertz CT molecular complexity index is 211. The second-order valence-corrected chi connectivity index (χ2v) is 2.57. The molecule has 0 N–H and O–H groups in total. The average molecular weight is 161 g/mol. The van der Waals surface area contributed by atoms with Crippen molar-refractivity contribution in [2.24, 2.45) is 0 Å². The third-order valence-corrected chi connectivity index (χ3v) is 1.69. The summed E-state index contributed by atoms with van der Waals surface area (Å²) in [4.78, 5) is 3.97. The van der Waals surface area contributed by atoms with Crippen LogP contribution in [-0.2, 0) is 0 Å². The molecule has 0 fully saturated rings. The van der Waals surface area contributed by atoms with Gasteiger partial charge in [0.05, 0.1) is 5.38 Å². The van der Waals surface area contributed by atoms with E-state index in [1.807, 2.05) is 6.92 Å². The summed E-state index contributed by atoms with van der Waals surface area (Å²) in [7, 11) is 0. The molecule has 4 heteroatoms. The molecule has 10 heavy (non-hydrogen) atoms. The van der Waals surface area contributed by atoms with Crippen molar-refractivity contribution in [3.63, 3.8) is 0 Å². The molecule has 0 aliphatic rings. The first-order valence-electron chi connectivity index (χ1n) is 3.18. The van der Waals surface area contributed by atoms with E-state index < -0.39 is 0 Å². The van der Waals surface area contributed by atoms with Gasteiger partial charge in [-0.3, -0.25) is 0 Å². The predicted octanol–water partition coefficient (Wildman–Crippen LogP) is 2.07. The first-order chi connectivity index (χ1) is 4.74. The van der Waals surface area contributed by atoms with Gasteiger partial charge in [0.15, 0.2) is 5.82 Å². The van der Waals surface area contributed by atoms with Crippen LogP contribution >= 0.6 is 11.6 Å². The number of aromatic nitrogens is 2. The number of halogens is 1. The van der Waals surface area contributed by atoms with Crippen LogP contribution in [0, 0.1) is 6.92 Å². The topological polar surface area (TPSA) is 38.9 Å². The van der Waals surface area contributed by atoms with Gasteiger partial charge in [0.25, 0.3) is 0 Å². The van der Waals surface area contributed by atoms with E-state index in [0.717, 1.165) is 6.42 Å². The maximum Gasteiger partial charge on any atom is 0.223 e. The summed E-state index contributed by atoms with van der Waals surface area (Å²) in [5.74, 6) is 1.15. The molecule has 1 unspecified atom stereocenters. The second-order valence-electron chi connectivity index (χ2n) is 2.05. The second kappa shape index (κ2) is 3.01. The minimum absolute atomic E-state index is 0.113. The van der Waals surface area contributed by atoms with Crippen LogP contribution in [0.25, 0.3) is 0 Å². The van der Waals surface area contributed by atoms with Gasteiger partial charge in [0, 0.05) is 6.92 Å². The third kappa shape index (κ3) is 1.48. The monoisotopic (exact) mass is 160 g/mol. The SMILES string of the molecule is CCC(Cl)c1noc(C)n1. The lowest BCUT2D eigenvalue weighted by atomic mass is 10.3. The van der Waals surface area contributed by atoms with E-state index in [4.69, 9.17) is 16.1 Å². The van der Waals surface area contributed by atoms with Crippen LogP contribution in [0.1, 0.15) is 30.4 Å². The Balaban J connectivity index is 2.74. The Morgan fingerprint density at radius 1 is 1.70 bits per heavy atom. The van der Waals surface area contributed by atoms with Crippen molar-refractivity contribution in [2.45, 2.75) is 25.6 Å². The van der Waals surface area contributed by atoms with Gasteiger partial charge in [-0.2, -0.15) is 4.98 Å². The molecule has 0 spiro atoms. The van der Waals surface area contributed by atoms with E-state index in [-0.39, 0.29) is 5.38 Å². The van der Waals surface area contributed by atoms with E-state index in [2.05, 4.69) is 10.1 Å². The predicted molar refractivity (Wildman–Crippen MR) is 37.9 cm³/mol. The largest absolute Gasteiger partial charge is 0.340 e. The fraction of sp³-hybridized carbons (Fsp3) is 0.667. The van der Waals surface area contributed by atoms with E-state index in [0.29, 0.717) is 11.7 Å². The number of hydrogen-bond acceptors (Lipinski definition) is 3. The van der Waals surface area contributed by atoms with Gasteiger partial charge >= 0.3 is 0 Å². The Labute approximate surface area is 64.4 Å². The molecular weight excluding hydrogens is 152 g/mol. The molecule has 1 heterocycles. The zero-order valence-electron chi connectivity index (χ0n) is 5.97. The van der Waals surface area contributed by atoms with E-state index in [1.165, 1.54) is 0 Å². The first kappa shape index (κ1) is 7.54. The van der Waals surface area contributed by atoms with Gasteiger partial charge in [-0.25, -0.2) is 0 Å². The highest BCUT2D eigenvalue weighted by Crippen LogP contribution is 2.19. The summed E-state index contributed by atoms with van der Waals surface area (Å²) in [5.41, 5.74) is 0. The van der Waals surface area contributed by atoms with Crippen molar-refractivity contribution in [1.29, 1.82) is 0 Å². The molecule has 0 amide bonds. The van der Waals surface area contributed by atoms with Gasteiger partial charge in [0.1, 0.15) is 0 Å². The molecule has 0 saturated heterocycles. The van der Waals surface area contributed by atoms with Crippen molar-refractivity contribution in [2.75, 3.05) is 0 Å². The summed E-state index contributed by atoms with van der Waals surface area (Å²) in [5, 5.41) is 3.56. The van der Waals surface area contributed by atoms with Gasteiger partial charge in [-0.15, -0.1) is 11.6 Å². The fourth-order valence-electron chi connectivity index (χ4n) is 0.625. The summed E-state index contributed by atoms with van der Waals surface area (Å²) in [6, 6.07) is 0. The smallest absolute Gasteiger partial charge is 0.223 e. The molecule has 0 radical (unpaired) electrons. The lowest BCUT2D eigenvalue weighted by Crippen LogP contribution is -1.90. The lowest BCUT2D eigenvalue weighted by Gasteiger charge is -1.95. The molecule has 0 aliphatic carbocycles. The molecule has 3 nitrogen and oxygen atoms in total. The zero-order valence-corrected chi connectivity index (χ0v) is 6.72. The van der Waals surface area contributed by atoms with Crippen LogP contribution < -0.4 is 0 Å². The van der Waals surface area contributed by atoms with Crippen LogP contribution in [0.4, 0.5) is 0 Å². The Morgan fingerprint density at radius 3 is 2.80 bits per heavy atom. The van der Waals surface area contributed by atoms with Crippen molar-refractivity contribution >= 4 is 11.6 Å². The van der Waals surface area contributed by atoms with Crippen LogP contribution in [0.2, 0.25) is 0 Å². The number of rotatable bonds is 2. The minimum Gasteiger partial charge on any atom is -0.340 e. The molecule has 1 aromatic rings. The number of nitrogens with zero attached hydrogens (tertiary/aromatic N) is 2. The summed E-state index contributed by atoms with van der Waals surface area (Å²) >= 11 is 5.82. The van der Waals surface area contributed by atoms with Crippen LogP contribution in [0.3, 0.4) is 0 Å². The van der Waals surface area contributed by atoms with Crippen molar-refractivity contribution in [3.8, 4) is 0 Å². The van der Waals surface area contributed by atoms with Crippen LogP contribution in [-0.4, -0.2) is 10.1 Å². The Hall–Kier alpha value is -0.570. The molecule has 1 rings (SSSR count). The van der Waals surface area contributed by atoms with Crippen molar-refractivity contribution in [1.82, 2.24) is 10.1 Å². The Kier molecular flexibility index (Phi) is 2.27.